The Kier molecular flexibility index (Phi) is 3.33. The molecule has 3 heteroatoms. The molecule has 0 aliphatic rings. The molecule has 0 bridgehead atoms. The Balaban J connectivity index is 1.61. The van der Waals surface area contributed by atoms with Crippen LogP contribution in [0.5, 0.6) is 0 Å². The molecule has 3 aromatic heterocycles. The average Bonchev–Trinajstić information content (AvgIpc) is 3.52. The summed E-state index contributed by atoms with van der Waals surface area (Å²) in [5, 5.41) is 7.12. The van der Waals surface area contributed by atoms with Gasteiger partial charge in [0.1, 0.15) is 11.2 Å². The van der Waals surface area contributed by atoms with Gasteiger partial charge in [-0.25, -0.2) is 0 Å². The number of furan rings is 1. The van der Waals surface area contributed by atoms with E-state index >= 15 is 0 Å². The predicted molar refractivity (Wildman–Crippen MR) is 142 cm³/mol. The molecule has 0 fully saturated rings. The Hall–Kier alpha value is -4.50. The van der Waals surface area contributed by atoms with Gasteiger partial charge in [0.15, 0.2) is 0 Å². The third kappa shape index (κ3) is 2.12. The van der Waals surface area contributed by atoms with Crippen molar-refractivity contribution in [2.24, 2.45) is 7.05 Å². The van der Waals surface area contributed by atoms with Gasteiger partial charge < -0.3 is 13.6 Å². The van der Waals surface area contributed by atoms with E-state index in [0.29, 0.717) is 0 Å². The third-order valence-corrected chi connectivity index (χ3v) is 7.33. The van der Waals surface area contributed by atoms with Gasteiger partial charge in [-0.1, -0.05) is 54.6 Å². The van der Waals surface area contributed by atoms with Gasteiger partial charge in [0.05, 0.1) is 27.3 Å². The van der Waals surface area contributed by atoms with Crippen LogP contribution in [0.2, 0.25) is 0 Å². The summed E-state index contributed by atoms with van der Waals surface area (Å²) in [7, 11) is 2.13. The minimum atomic E-state index is 0.957. The highest BCUT2D eigenvalue weighted by atomic mass is 16.3. The van der Waals surface area contributed by atoms with Gasteiger partial charge in [0, 0.05) is 39.8 Å². The number of para-hydroxylation sites is 3. The quantitative estimate of drug-likeness (QED) is 0.254. The number of aryl methyl sites for hydroxylation is 1. The van der Waals surface area contributed by atoms with Crippen molar-refractivity contribution in [2.75, 3.05) is 0 Å². The van der Waals surface area contributed by atoms with E-state index in [9.17, 15) is 0 Å². The molecule has 5 aromatic carbocycles. The van der Waals surface area contributed by atoms with Crippen molar-refractivity contribution < 1.29 is 4.42 Å². The average molecular weight is 437 g/mol. The molecule has 0 N–H and O–H groups in total. The van der Waals surface area contributed by atoms with E-state index in [1.165, 1.54) is 38.1 Å². The first-order valence-electron chi connectivity index (χ1n) is 11.6. The summed E-state index contributed by atoms with van der Waals surface area (Å²) in [6.07, 6.45) is 0. The van der Waals surface area contributed by atoms with Crippen LogP contribution >= 0.6 is 0 Å². The maximum atomic E-state index is 6.83. The number of rotatable bonds is 1. The zero-order valence-corrected chi connectivity index (χ0v) is 18.6. The lowest BCUT2D eigenvalue weighted by molar-refractivity contribution is 0.677. The molecule has 34 heavy (non-hydrogen) atoms. The smallest absolute Gasteiger partial charge is 0.145 e. The van der Waals surface area contributed by atoms with Gasteiger partial charge in [-0.2, -0.15) is 0 Å². The second-order valence-corrected chi connectivity index (χ2v) is 9.04. The molecule has 8 rings (SSSR count). The molecular weight excluding hydrogens is 416 g/mol. The monoisotopic (exact) mass is 436 g/mol. The molecular formula is C31H20N2O. The van der Waals surface area contributed by atoms with E-state index in [1.807, 2.05) is 0 Å². The molecule has 0 unspecified atom stereocenters. The SMILES string of the molecule is Cn1c2ccccc2c2c3oc4c(ccc5c4c4ccccc4n5-c4ccccc4)c3ccc21. The van der Waals surface area contributed by atoms with Crippen LogP contribution in [0.25, 0.3) is 71.2 Å². The topological polar surface area (TPSA) is 23.0 Å². The lowest BCUT2D eigenvalue weighted by Crippen LogP contribution is -1.92. The molecule has 0 aliphatic heterocycles. The summed E-state index contributed by atoms with van der Waals surface area (Å²) in [6.45, 7) is 0. The van der Waals surface area contributed by atoms with Crippen molar-refractivity contribution >= 4 is 65.6 Å². The Bertz CT molecular complexity index is 2070. The minimum Gasteiger partial charge on any atom is -0.455 e. The number of hydrogen-bond acceptors (Lipinski definition) is 1. The first-order valence-corrected chi connectivity index (χ1v) is 11.6. The normalized spacial score (nSPS) is 12.3. The van der Waals surface area contributed by atoms with Crippen LogP contribution in [-0.2, 0) is 7.05 Å². The number of nitrogens with zero attached hydrogens (tertiary/aromatic N) is 2. The molecule has 3 nitrogen and oxygen atoms in total. The maximum absolute atomic E-state index is 6.83. The molecule has 160 valence electrons. The van der Waals surface area contributed by atoms with Gasteiger partial charge in [-0.15, -0.1) is 0 Å². The Labute approximate surface area is 195 Å². The van der Waals surface area contributed by atoms with Crippen LogP contribution in [0.3, 0.4) is 0 Å². The summed E-state index contributed by atoms with van der Waals surface area (Å²) < 4.78 is 11.4. The molecule has 0 saturated heterocycles. The third-order valence-electron chi connectivity index (χ3n) is 7.33. The van der Waals surface area contributed by atoms with E-state index in [4.69, 9.17) is 4.42 Å². The molecule has 0 amide bonds. The van der Waals surface area contributed by atoms with Crippen molar-refractivity contribution in [3.05, 3.63) is 103 Å². The Morgan fingerprint density at radius 3 is 1.76 bits per heavy atom. The highest BCUT2D eigenvalue weighted by molar-refractivity contribution is 6.28. The molecule has 0 atom stereocenters. The van der Waals surface area contributed by atoms with Crippen molar-refractivity contribution in [3.8, 4) is 5.69 Å². The second-order valence-electron chi connectivity index (χ2n) is 9.04. The van der Waals surface area contributed by atoms with Crippen LogP contribution in [0.1, 0.15) is 0 Å². The van der Waals surface area contributed by atoms with E-state index in [0.717, 1.165) is 33.1 Å². The fraction of sp³-hybridized carbons (Fsp3) is 0.0323. The second kappa shape index (κ2) is 6.30. The number of fused-ring (bicyclic) bond motifs is 11. The zero-order chi connectivity index (χ0) is 22.4. The van der Waals surface area contributed by atoms with Crippen molar-refractivity contribution in [2.45, 2.75) is 0 Å². The standard InChI is InChI=1S/C31H20N2O/c1-32-24-13-7-5-11-22(24)28-26(32)17-15-20-21-16-18-27-29(31(21)34-30(20)28)23-12-6-8-14-25(23)33(27)19-9-3-2-4-10-19/h2-18H,1H3. The van der Waals surface area contributed by atoms with E-state index in [-0.39, 0.29) is 0 Å². The first-order chi connectivity index (χ1) is 16.8. The molecule has 0 aliphatic carbocycles. The Morgan fingerprint density at radius 1 is 0.471 bits per heavy atom. The van der Waals surface area contributed by atoms with Gasteiger partial charge in [0.25, 0.3) is 0 Å². The lowest BCUT2D eigenvalue weighted by Gasteiger charge is -2.07. The van der Waals surface area contributed by atoms with Crippen LogP contribution in [0, 0.1) is 0 Å². The summed E-state index contributed by atoms with van der Waals surface area (Å²) in [5.41, 5.74) is 7.83. The van der Waals surface area contributed by atoms with Crippen LogP contribution in [0.4, 0.5) is 0 Å². The van der Waals surface area contributed by atoms with Crippen molar-refractivity contribution in [1.29, 1.82) is 0 Å². The molecule has 0 saturated carbocycles. The zero-order valence-electron chi connectivity index (χ0n) is 18.6. The highest BCUT2D eigenvalue weighted by Gasteiger charge is 2.21. The summed E-state index contributed by atoms with van der Waals surface area (Å²) in [6, 6.07) is 36.7. The van der Waals surface area contributed by atoms with Gasteiger partial charge in [-0.05, 0) is 48.5 Å². The largest absolute Gasteiger partial charge is 0.455 e. The van der Waals surface area contributed by atoms with Crippen molar-refractivity contribution in [3.63, 3.8) is 0 Å². The predicted octanol–water partition coefficient (Wildman–Crippen LogP) is 8.33. The van der Waals surface area contributed by atoms with E-state index in [2.05, 4.69) is 119 Å². The van der Waals surface area contributed by atoms with Crippen LogP contribution < -0.4 is 0 Å². The maximum Gasteiger partial charge on any atom is 0.145 e. The number of hydrogen-bond donors (Lipinski definition) is 0. The lowest BCUT2D eigenvalue weighted by atomic mass is 10.1. The fourth-order valence-corrected chi connectivity index (χ4v) is 5.84. The minimum absolute atomic E-state index is 0.957. The fourth-order valence-electron chi connectivity index (χ4n) is 5.84. The van der Waals surface area contributed by atoms with E-state index < -0.39 is 0 Å². The summed E-state index contributed by atoms with van der Waals surface area (Å²) >= 11 is 0. The highest BCUT2D eigenvalue weighted by Crippen LogP contribution is 2.43. The van der Waals surface area contributed by atoms with Crippen molar-refractivity contribution in [1.82, 2.24) is 9.13 Å². The number of aromatic nitrogens is 2. The van der Waals surface area contributed by atoms with Crippen LogP contribution in [0.15, 0.2) is 108 Å². The van der Waals surface area contributed by atoms with Gasteiger partial charge >= 0.3 is 0 Å². The van der Waals surface area contributed by atoms with Gasteiger partial charge in [-0.3, -0.25) is 0 Å². The summed E-state index contributed by atoms with van der Waals surface area (Å²) in [5.74, 6) is 0. The molecule has 0 spiro atoms. The first kappa shape index (κ1) is 18.0. The molecule has 0 radical (unpaired) electrons. The number of benzene rings is 5. The van der Waals surface area contributed by atoms with E-state index in [1.54, 1.807) is 0 Å². The van der Waals surface area contributed by atoms with Gasteiger partial charge in [0.2, 0.25) is 0 Å². The Morgan fingerprint density at radius 2 is 1.03 bits per heavy atom. The molecule has 3 heterocycles. The van der Waals surface area contributed by atoms with Crippen LogP contribution in [-0.4, -0.2) is 9.13 Å². The summed E-state index contributed by atoms with van der Waals surface area (Å²) in [4.78, 5) is 0. The molecule has 8 aromatic rings.